The van der Waals surface area contributed by atoms with Gasteiger partial charge in [0.2, 0.25) is 0 Å². The molecule has 0 saturated heterocycles. The summed E-state index contributed by atoms with van der Waals surface area (Å²) in [5, 5.41) is 1.84. The predicted molar refractivity (Wildman–Crippen MR) is 86.7 cm³/mol. The molecule has 0 aliphatic heterocycles. The van der Waals surface area contributed by atoms with Gasteiger partial charge in [0.05, 0.1) is 18.2 Å². The maximum Gasteiger partial charge on any atom is 0.343 e. The highest BCUT2D eigenvalue weighted by Gasteiger charge is 2.13. The molecular formula is C19H14O4. The maximum atomic E-state index is 12.3. The summed E-state index contributed by atoms with van der Waals surface area (Å²) in [6, 6.07) is 19.4. The van der Waals surface area contributed by atoms with E-state index in [2.05, 4.69) is 4.74 Å². The normalized spacial score (nSPS) is 10.3. The van der Waals surface area contributed by atoms with Gasteiger partial charge in [0.1, 0.15) is 5.75 Å². The van der Waals surface area contributed by atoms with E-state index in [1.54, 1.807) is 24.3 Å². The molecule has 3 aromatic carbocycles. The zero-order valence-corrected chi connectivity index (χ0v) is 12.5. The van der Waals surface area contributed by atoms with Crippen molar-refractivity contribution in [3.8, 4) is 5.75 Å². The Morgan fingerprint density at radius 3 is 2.22 bits per heavy atom. The van der Waals surface area contributed by atoms with E-state index in [-0.39, 0.29) is 0 Å². The van der Waals surface area contributed by atoms with Crippen LogP contribution in [0.4, 0.5) is 0 Å². The molecular weight excluding hydrogens is 292 g/mol. The van der Waals surface area contributed by atoms with Crippen LogP contribution in [-0.2, 0) is 4.74 Å². The molecule has 23 heavy (non-hydrogen) atoms. The molecule has 0 bridgehead atoms. The van der Waals surface area contributed by atoms with Gasteiger partial charge in [0, 0.05) is 5.39 Å². The number of ether oxygens (including phenoxy) is 2. The van der Waals surface area contributed by atoms with Gasteiger partial charge in [-0.15, -0.1) is 0 Å². The third kappa shape index (κ3) is 3.06. The van der Waals surface area contributed by atoms with Gasteiger partial charge in [-0.25, -0.2) is 9.59 Å². The lowest BCUT2D eigenvalue weighted by Gasteiger charge is -2.08. The van der Waals surface area contributed by atoms with E-state index in [4.69, 9.17) is 4.74 Å². The van der Waals surface area contributed by atoms with Gasteiger partial charge in [0.15, 0.2) is 0 Å². The summed E-state index contributed by atoms with van der Waals surface area (Å²) in [5.41, 5.74) is 0.598. The van der Waals surface area contributed by atoms with Crippen molar-refractivity contribution in [2.45, 2.75) is 0 Å². The summed E-state index contributed by atoms with van der Waals surface area (Å²) < 4.78 is 10.1. The second kappa shape index (κ2) is 6.32. The van der Waals surface area contributed by atoms with Crippen LogP contribution in [0, 0.1) is 0 Å². The van der Waals surface area contributed by atoms with Gasteiger partial charge in [-0.2, -0.15) is 0 Å². The smallest absolute Gasteiger partial charge is 0.343 e. The van der Waals surface area contributed by atoms with Crippen molar-refractivity contribution in [2.24, 2.45) is 0 Å². The lowest BCUT2D eigenvalue weighted by Crippen LogP contribution is -2.10. The van der Waals surface area contributed by atoms with Crippen LogP contribution in [-0.4, -0.2) is 19.0 Å². The van der Waals surface area contributed by atoms with Gasteiger partial charge in [-0.05, 0) is 29.7 Å². The second-order valence-electron chi connectivity index (χ2n) is 4.94. The second-order valence-corrected chi connectivity index (χ2v) is 4.94. The molecule has 3 aromatic rings. The summed E-state index contributed by atoms with van der Waals surface area (Å²) in [5.74, 6) is -0.534. The number of benzene rings is 3. The number of carbonyl (C=O) groups is 2. The van der Waals surface area contributed by atoms with Crippen LogP contribution in [0.2, 0.25) is 0 Å². The number of esters is 2. The average Bonchev–Trinajstić information content (AvgIpc) is 2.61. The highest BCUT2D eigenvalue weighted by Crippen LogP contribution is 2.26. The average molecular weight is 306 g/mol. The third-order valence-electron chi connectivity index (χ3n) is 3.47. The molecule has 0 fully saturated rings. The van der Waals surface area contributed by atoms with Crippen LogP contribution in [0.25, 0.3) is 10.8 Å². The first-order valence-corrected chi connectivity index (χ1v) is 7.07. The van der Waals surface area contributed by atoms with Crippen molar-refractivity contribution in [3.63, 3.8) is 0 Å². The highest BCUT2D eigenvalue weighted by molar-refractivity contribution is 5.98. The Kier molecular flexibility index (Phi) is 4.06. The molecule has 0 spiro atoms. The van der Waals surface area contributed by atoms with Crippen LogP contribution in [0.15, 0.2) is 66.7 Å². The van der Waals surface area contributed by atoms with E-state index in [9.17, 15) is 9.59 Å². The first-order valence-electron chi connectivity index (χ1n) is 7.07. The van der Waals surface area contributed by atoms with Crippen LogP contribution in [0.3, 0.4) is 0 Å². The first kappa shape index (κ1) is 14.8. The lowest BCUT2D eigenvalue weighted by atomic mass is 10.1. The standard InChI is InChI=1S/C19H14O4/c1-22-18(20)14-8-4-9-15(12-14)19(21)23-17-11-5-7-13-6-2-3-10-16(13)17/h2-12H,1H3. The molecule has 0 saturated carbocycles. The Balaban J connectivity index is 1.91. The number of hydrogen-bond donors (Lipinski definition) is 0. The SMILES string of the molecule is COC(=O)c1cccc(C(=O)Oc2cccc3ccccc23)c1. The minimum atomic E-state index is -0.521. The van der Waals surface area contributed by atoms with E-state index < -0.39 is 11.9 Å². The molecule has 4 heteroatoms. The fraction of sp³-hybridized carbons (Fsp3) is 0.0526. The Morgan fingerprint density at radius 1 is 0.783 bits per heavy atom. The van der Waals surface area contributed by atoms with E-state index in [0.29, 0.717) is 16.9 Å². The highest BCUT2D eigenvalue weighted by atomic mass is 16.5. The molecule has 0 radical (unpaired) electrons. The number of fused-ring (bicyclic) bond motifs is 1. The maximum absolute atomic E-state index is 12.3. The molecule has 0 atom stereocenters. The molecule has 0 N–H and O–H groups in total. The van der Waals surface area contributed by atoms with Crippen molar-refractivity contribution in [2.75, 3.05) is 7.11 Å². The quantitative estimate of drug-likeness (QED) is 0.545. The summed E-state index contributed by atoms with van der Waals surface area (Å²) in [4.78, 5) is 23.9. The Bertz CT molecular complexity index is 878. The summed E-state index contributed by atoms with van der Waals surface area (Å²) in [6.45, 7) is 0. The minimum absolute atomic E-state index is 0.292. The fourth-order valence-electron chi connectivity index (χ4n) is 2.33. The Morgan fingerprint density at radius 2 is 1.43 bits per heavy atom. The molecule has 0 aliphatic rings. The zero-order chi connectivity index (χ0) is 16.2. The van der Waals surface area contributed by atoms with E-state index >= 15 is 0 Å². The van der Waals surface area contributed by atoms with Gasteiger partial charge in [-0.3, -0.25) is 0 Å². The molecule has 4 nitrogen and oxygen atoms in total. The van der Waals surface area contributed by atoms with E-state index in [1.807, 2.05) is 36.4 Å². The van der Waals surface area contributed by atoms with Crippen LogP contribution in [0.1, 0.15) is 20.7 Å². The van der Waals surface area contributed by atoms with Gasteiger partial charge in [-0.1, -0.05) is 42.5 Å². The summed E-state index contributed by atoms with van der Waals surface area (Å²) >= 11 is 0. The predicted octanol–water partition coefficient (Wildman–Crippen LogP) is 3.85. The largest absolute Gasteiger partial charge is 0.465 e. The molecule has 114 valence electrons. The van der Waals surface area contributed by atoms with Crippen molar-refractivity contribution in [1.29, 1.82) is 0 Å². The monoisotopic (exact) mass is 306 g/mol. The number of carbonyl (C=O) groups excluding carboxylic acids is 2. The van der Waals surface area contributed by atoms with Crippen LogP contribution < -0.4 is 4.74 Å². The molecule has 0 unspecified atom stereocenters. The molecule has 0 heterocycles. The topological polar surface area (TPSA) is 52.6 Å². The van der Waals surface area contributed by atoms with E-state index in [0.717, 1.165) is 10.8 Å². The molecule has 3 rings (SSSR count). The minimum Gasteiger partial charge on any atom is -0.465 e. The number of methoxy groups -OCH3 is 1. The van der Waals surface area contributed by atoms with Crippen LogP contribution >= 0.6 is 0 Å². The van der Waals surface area contributed by atoms with Gasteiger partial charge >= 0.3 is 11.9 Å². The zero-order valence-electron chi connectivity index (χ0n) is 12.5. The molecule has 0 aliphatic carbocycles. The van der Waals surface area contributed by atoms with Crippen molar-refractivity contribution < 1.29 is 19.1 Å². The summed E-state index contributed by atoms with van der Waals surface area (Å²) in [7, 11) is 1.30. The number of hydrogen-bond acceptors (Lipinski definition) is 4. The molecule has 0 amide bonds. The Labute approximate surface area is 133 Å². The summed E-state index contributed by atoms with van der Waals surface area (Å²) in [6.07, 6.45) is 0. The van der Waals surface area contributed by atoms with Gasteiger partial charge < -0.3 is 9.47 Å². The number of rotatable bonds is 3. The van der Waals surface area contributed by atoms with Gasteiger partial charge in [0.25, 0.3) is 0 Å². The molecule has 0 aromatic heterocycles. The van der Waals surface area contributed by atoms with Crippen molar-refractivity contribution >= 4 is 22.7 Å². The first-order chi connectivity index (χ1) is 11.2. The third-order valence-corrected chi connectivity index (χ3v) is 3.47. The van der Waals surface area contributed by atoms with Crippen molar-refractivity contribution in [3.05, 3.63) is 77.9 Å². The Hall–Kier alpha value is -3.14. The van der Waals surface area contributed by atoms with Crippen LogP contribution in [0.5, 0.6) is 5.75 Å². The van der Waals surface area contributed by atoms with Crippen molar-refractivity contribution in [1.82, 2.24) is 0 Å². The lowest BCUT2D eigenvalue weighted by molar-refractivity contribution is 0.0600. The van der Waals surface area contributed by atoms with E-state index in [1.165, 1.54) is 13.2 Å². The fourth-order valence-corrected chi connectivity index (χ4v) is 2.33.